The van der Waals surface area contributed by atoms with Crippen molar-refractivity contribution in [3.05, 3.63) is 59.9 Å². The minimum absolute atomic E-state index is 0.00831. The maximum Gasteiger partial charge on any atom is 0.230 e. The number of nitrogens with one attached hydrogen (secondary N) is 1. The fourth-order valence-electron chi connectivity index (χ4n) is 4.17. The van der Waals surface area contributed by atoms with Crippen LogP contribution in [0.4, 0.5) is 15.8 Å². The molecule has 140 valence electrons. The van der Waals surface area contributed by atoms with E-state index < -0.39 is 0 Å². The van der Waals surface area contributed by atoms with E-state index in [2.05, 4.69) is 11.4 Å². The number of anilines is 2. The second kappa shape index (κ2) is 7.51. The van der Waals surface area contributed by atoms with Crippen LogP contribution in [0, 0.1) is 17.7 Å². The molecule has 1 aliphatic carbocycles. The lowest BCUT2D eigenvalue weighted by molar-refractivity contribution is -0.126. The Morgan fingerprint density at radius 3 is 2.33 bits per heavy atom. The summed E-state index contributed by atoms with van der Waals surface area (Å²) in [5.74, 6) is -0.275. The van der Waals surface area contributed by atoms with E-state index in [1.807, 2.05) is 23.1 Å². The van der Waals surface area contributed by atoms with E-state index in [1.54, 1.807) is 12.1 Å². The van der Waals surface area contributed by atoms with E-state index in [4.69, 9.17) is 0 Å². The van der Waals surface area contributed by atoms with Crippen LogP contribution >= 0.6 is 0 Å². The molecule has 1 N–H and O–H groups in total. The van der Waals surface area contributed by atoms with Crippen molar-refractivity contribution in [2.45, 2.75) is 32.1 Å². The number of fused-ring (bicyclic) bond motifs is 1. The molecule has 0 unspecified atom stereocenters. The van der Waals surface area contributed by atoms with Gasteiger partial charge in [-0.3, -0.25) is 9.59 Å². The van der Waals surface area contributed by atoms with Gasteiger partial charge in [-0.15, -0.1) is 0 Å². The standard InChI is InChI=1S/C22H23FN2O2/c23-18-9-11-19(12-10-18)24-21(26)16-5-7-17(8-6-16)22(27)25-14-13-15-3-1-2-4-20(15)25/h1-4,9-12,16-17H,5-8,13-14H2,(H,24,26). The molecule has 1 aliphatic heterocycles. The molecule has 0 spiro atoms. The summed E-state index contributed by atoms with van der Waals surface area (Å²) >= 11 is 0. The molecular formula is C22H23FN2O2. The first-order chi connectivity index (χ1) is 13.1. The van der Waals surface area contributed by atoms with E-state index in [-0.39, 0.29) is 29.5 Å². The van der Waals surface area contributed by atoms with E-state index >= 15 is 0 Å². The van der Waals surface area contributed by atoms with Crippen LogP contribution in [-0.4, -0.2) is 18.4 Å². The van der Waals surface area contributed by atoms with Gasteiger partial charge in [-0.2, -0.15) is 0 Å². The third kappa shape index (κ3) is 3.72. The van der Waals surface area contributed by atoms with E-state index in [1.165, 1.54) is 17.7 Å². The predicted molar refractivity (Wildman–Crippen MR) is 103 cm³/mol. The number of nitrogens with zero attached hydrogens (tertiary/aromatic N) is 1. The van der Waals surface area contributed by atoms with E-state index in [0.717, 1.165) is 31.5 Å². The third-order valence-electron chi connectivity index (χ3n) is 5.71. The Bertz CT molecular complexity index is 842. The summed E-state index contributed by atoms with van der Waals surface area (Å²) in [7, 11) is 0. The van der Waals surface area contributed by atoms with Crippen LogP contribution in [0.5, 0.6) is 0 Å². The summed E-state index contributed by atoms with van der Waals surface area (Å²) in [5.41, 5.74) is 2.88. The number of rotatable bonds is 3. The number of amides is 2. The highest BCUT2D eigenvalue weighted by atomic mass is 19.1. The van der Waals surface area contributed by atoms with Crippen LogP contribution in [-0.2, 0) is 16.0 Å². The molecule has 0 radical (unpaired) electrons. The van der Waals surface area contributed by atoms with Gasteiger partial charge in [0.05, 0.1) is 0 Å². The number of halogens is 1. The Hall–Kier alpha value is -2.69. The van der Waals surface area contributed by atoms with Gasteiger partial charge in [0.15, 0.2) is 0 Å². The highest BCUT2D eigenvalue weighted by Crippen LogP contribution is 2.35. The fourth-order valence-corrected chi connectivity index (χ4v) is 4.17. The van der Waals surface area contributed by atoms with Gasteiger partial charge in [0.25, 0.3) is 0 Å². The normalized spacial score (nSPS) is 21.6. The lowest BCUT2D eigenvalue weighted by atomic mass is 9.81. The van der Waals surface area contributed by atoms with Crippen molar-refractivity contribution in [2.75, 3.05) is 16.8 Å². The van der Waals surface area contributed by atoms with Crippen LogP contribution < -0.4 is 10.2 Å². The quantitative estimate of drug-likeness (QED) is 0.887. The third-order valence-corrected chi connectivity index (χ3v) is 5.71. The molecule has 0 saturated heterocycles. The molecule has 2 aliphatic rings. The van der Waals surface area contributed by atoms with Gasteiger partial charge in [0.1, 0.15) is 5.82 Å². The van der Waals surface area contributed by atoms with Crippen molar-refractivity contribution in [3.8, 4) is 0 Å². The monoisotopic (exact) mass is 366 g/mol. The molecule has 0 atom stereocenters. The van der Waals surface area contributed by atoms with Gasteiger partial charge in [-0.05, 0) is 68.0 Å². The minimum atomic E-state index is -0.324. The van der Waals surface area contributed by atoms with Crippen molar-refractivity contribution in [3.63, 3.8) is 0 Å². The van der Waals surface area contributed by atoms with E-state index in [0.29, 0.717) is 18.5 Å². The Labute approximate surface area is 158 Å². The lowest BCUT2D eigenvalue weighted by Gasteiger charge is -2.30. The molecule has 1 saturated carbocycles. The van der Waals surface area contributed by atoms with Gasteiger partial charge in [0.2, 0.25) is 11.8 Å². The average Bonchev–Trinajstić information content (AvgIpc) is 3.13. The zero-order valence-corrected chi connectivity index (χ0v) is 15.2. The van der Waals surface area contributed by atoms with Crippen LogP contribution in [0.2, 0.25) is 0 Å². The predicted octanol–water partition coefficient (Wildman–Crippen LogP) is 4.16. The zero-order chi connectivity index (χ0) is 18.8. The maximum atomic E-state index is 13.0. The van der Waals surface area contributed by atoms with Crippen LogP contribution in [0.3, 0.4) is 0 Å². The first kappa shape index (κ1) is 17.7. The summed E-state index contributed by atoms with van der Waals surface area (Å²) in [6.45, 7) is 0.753. The van der Waals surface area contributed by atoms with Gasteiger partial charge in [-0.25, -0.2) is 4.39 Å². The molecular weight excluding hydrogens is 343 g/mol. The Morgan fingerprint density at radius 1 is 0.926 bits per heavy atom. The molecule has 0 aromatic heterocycles. The van der Waals surface area contributed by atoms with Gasteiger partial charge in [-0.1, -0.05) is 18.2 Å². The average molecular weight is 366 g/mol. The van der Waals surface area contributed by atoms with Gasteiger partial charge in [0, 0.05) is 29.8 Å². The maximum absolute atomic E-state index is 13.0. The van der Waals surface area contributed by atoms with Gasteiger partial charge >= 0.3 is 0 Å². The summed E-state index contributed by atoms with van der Waals surface area (Å²) in [6, 6.07) is 13.9. The Balaban J connectivity index is 1.33. The first-order valence-electron chi connectivity index (χ1n) is 9.57. The van der Waals surface area contributed by atoms with Crippen molar-refractivity contribution < 1.29 is 14.0 Å². The smallest absolute Gasteiger partial charge is 0.230 e. The Morgan fingerprint density at radius 2 is 1.59 bits per heavy atom. The number of benzene rings is 2. The second-order valence-corrected chi connectivity index (χ2v) is 7.41. The lowest BCUT2D eigenvalue weighted by Crippen LogP contribution is -2.38. The van der Waals surface area contributed by atoms with E-state index in [9.17, 15) is 14.0 Å². The second-order valence-electron chi connectivity index (χ2n) is 7.41. The topological polar surface area (TPSA) is 49.4 Å². The molecule has 0 bridgehead atoms. The van der Waals surface area contributed by atoms with Crippen molar-refractivity contribution in [1.82, 2.24) is 0 Å². The van der Waals surface area contributed by atoms with Gasteiger partial charge < -0.3 is 10.2 Å². The summed E-state index contributed by atoms with van der Waals surface area (Å²) in [6.07, 6.45) is 3.80. The largest absolute Gasteiger partial charge is 0.326 e. The molecule has 27 heavy (non-hydrogen) atoms. The SMILES string of the molecule is O=C(Nc1ccc(F)cc1)C1CCC(C(=O)N2CCc3ccccc32)CC1. The summed E-state index contributed by atoms with van der Waals surface area (Å²) in [4.78, 5) is 27.3. The molecule has 5 heteroatoms. The summed E-state index contributed by atoms with van der Waals surface area (Å²) in [5, 5.41) is 2.85. The molecule has 2 aromatic carbocycles. The van der Waals surface area contributed by atoms with Crippen molar-refractivity contribution >= 4 is 23.2 Å². The van der Waals surface area contributed by atoms with Crippen molar-refractivity contribution in [1.29, 1.82) is 0 Å². The highest BCUT2D eigenvalue weighted by molar-refractivity contribution is 5.97. The van der Waals surface area contributed by atoms with Crippen LogP contribution in [0.15, 0.2) is 48.5 Å². The van der Waals surface area contributed by atoms with Crippen LogP contribution in [0.1, 0.15) is 31.2 Å². The molecule has 1 heterocycles. The number of carbonyl (C=O) groups excluding carboxylic acids is 2. The zero-order valence-electron chi connectivity index (χ0n) is 15.2. The van der Waals surface area contributed by atoms with Crippen LogP contribution in [0.25, 0.3) is 0 Å². The number of hydrogen-bond donors (Lipinski definition) is 1. The fraction of sp³-hybridized carbons (Fsp3) is 0.364. The number of hydrogen-bond acceptors (Lipinski definition) is 2. The number of carbonyl (C=O) groups is 2. The first-order valence-corrected chi connectivity index (χ1v) is 9.57. The molecule has 1 fully saturated rings. The molecule has 2 amide bonds. The minimum Gasteiger partial charge on any atom is -0.326 e. The summed E-state index contributed by atoms with van der Waals surface area (Å²) < 4.78 is 13.0. The Kier molecular flexibility index (Phi) is 4.92. The molecule has 4 nitrogen and oxygen atoms in total. The molecule has 4 rings (SSSR count). The van der Waals surface area contributed by atoms with Crippen molar-refractivity contribution in [2.24, 2.45) is 11.8 Å². The number of para-hydroxylation sites is 1. The molecule has 2 aromatic rings. The highest BCUT2D eigenvalue weighted by Gasteiger charge is 2.34.